The van der Waals surface area contributed by atoms with Crippen LogP contribution in [0, 0.1) is 0 Å². The van der Waals surface area contributed by atoms with Gasteiger partial charge in [-0.2, -0.15) is 13.2 Å². The van der Waals surface area contributed by atoms with E-state index in [9.17, 15) is 18.0 Å². The van der Waals surface area contributed by atoms with Gasteiger partial charge in [0.2, 0.25) is 11.8 Å². The van der Waals surface area contributed by atoms with Crippen LogP contribution >= 0.6 is 23.2 Å². The molecule has 2 amide bonds. The molecule has 0 atom stereocenters. The molecule has 0 radical (unpaired) electrons. The number of benzene rings is 1. The van der Waals surface area contributed by atoms with E-state index in [0.29, 0.717) is 35.1 Å². The minimum absolute atomic E-state index is 0.110. The number of pyridine rings is 1. The molecule has 0 saturated carbocycles. The van der Waals surface area contributed by atoms with E-state index < -0.39 is 22.8 Å². The zero-order valence-electron chi connectivity index (χ0n) is 17.9. The van der Waals surface area contributed by atoms with Crippen molar-refractivity contribution < 1.29 is 27.5 Å². The molecule has 8 nitrogen and oxygen atoms in total. The maximum absolute atomic E-state index is 12.9. The van der Waals surface area contributed by atoms with Crippen LogP contribution in [0.15, 0.2) is 41.0 Å². The van der Waals surface area contributed by atoms with Gasteiger partial charge in [0.15, 0.2) is 0 Å². The smallest absolute Gasteiger partial charge is 0.417 e. The molecule has 2 N–H and O–H groups in total. The Labute approximate surface area is 207 Å². The van der Waals surface area contributed by atoms with Crippen LogP contribution in [-0.2, 0) is 12.6 Å². The summed E-state index contributed by atoms with van der Waals surface area (Å²) in [6.07, 6.45) is -0.506. The first-order chi connectivity index (χ1) is 16.7. The molecule has 0 aliphatic carbocycles. The molecular weight excluding hydrogens is 510 g/mol. The van der Waals surface area contributed by atoms with Crippen LogP contribution < -0.4 is 5.32 Å². The molecule has 0 spiro atoms. The summed E-state index contributed by atoms with van der Waals surface area (Å²) in [6, 6.07) is 4.22. The van der Waals surface area contributed by atoms with Crippen molar-refractivity contribution in [2.75, 3.05) is 25.0 Å². The number of alkyl halides is 3. The second-order valence-electron chi connectivity index (χ2n) is 7.58. The lowest BCUT2D eigenvalue weighted by Gasteiger charge is -2.27. The summed E-state index contributed by atoms with van der Waals surface area (Å²) in [6.45, 7) is 0.490. The Morgan fingerprint density at radius 1 is 1.20 bits per heavy atom. The fourth-order valence-corrected chi connectivity index (χ4v) is 4.03. The van der Waals surface area contributed by atoms with Crippen LogP contribution in [0.25, 0.3) is 17.0 Å². The molecule has 3 aromatic rings. The Kier molecular flexibility index (Phi) is 7.29. The van der Waals surface area contributed by atoms with Gasteiger partial charge >= 0.3 is 12.2 Å². The van der Waals surface area contributed by atoms with Gasteiger partial charge in [0.1, 0.15) is 0 Å². The number of aliphatic hydroxyl groups is 1. The molecule has 2 aromatic heterocycles. The third-order valence-electron chi connectivity index (χ3n) is 5.21. The van der Waals surface area contributed by atoms with Crippen molar-refractivity contribution >= 4 is 40.5 Å². The number of aliphatic hydroxyl groups excluding tert-OH is 1. The zero-order chi connectivity index (χ0) is 25.2. The van der Waals surface area contributed by atoms with Gasteiger partial charge in [-0.05, 0) is 36.3 Å². The number of aromatic nitrogens is 3. The second kappa shape index (κ2) is 10.2. The van der Waals surface area contributed by atoms with Gasteiger partial charge < -0.3 is 19.7 Å². The van der Waals surface area contributed by atoms with E-state index in [2.05, 4.69) is 20.5 Å². The molecule has 1 aromatic carbocycles. The average molecular weight is 528 g/mol. The van der Waals surface area contributed by atoms with Crippen molar-refractivity contribution in [1.29, 1.82) is 0 Å². The van der Waals surface area contributed by atoms with Crippen LogP contribution in [0.2, 0.25) is 10.0 Å². The largest absolute Gasteiger partial charge is 0.421 e. The number of carbonyl (C=O) groups is 1. The van der Waals surface area contributed by atoms with Crippen molar-refractivity contribution in [2.45, 2.75) is 19.0 Å². The van der Waals surface area contributed by atoms with E-state index >= 15 is 0 Å². The van der Waals surface area contributed by atoms with Gasteiger partial charge in [0.05, 0.1) is 33.5 Å². The van der Waals surface area contributed by atoms with Gasteiger partial charge in [-0.3, -0.25) is 4.98 Å². The third-order valence-corrected chi connectivity index (χ3v) is 5.81. The van der Waals surface area contributed by atoms with Crippen LogP contribution in [0.1, 0.15) is 23.6 Å². The number of anilines is 1. The monoisotopic (exact) mass is 527 g/mol. The Bertz CT molecular complexity index is 1280. The Balaban J connectivity index is 1.41. The Morgan fingerprint density at radius 2 is 2.00 bits per heavy atom. The lowest BCUT2D eigenvalue weighted by molar-refractivity contribution is -0.137. The standard InChI is InChI=1S/C22H18Cl2F3N5O3/c23-16-10-14(1-2-15(16)22(25,26)27)29-21(34)32-6-3-12(4-7-32)19-17(24)9-13(11-28-19)20-31-30-18(35-20)5-8-33/h1-3,9-11,33H,4-8H2,(H,29,34). The van der Waals surface area contributed by atoms with Crippen molar-refractivity contribution in [3.63, 3.8) is 0 Å². The average Bonchev–Trinajstić information content (AvgIpc) is 3.27. The highest BCUT2D eigenvalue weighted by molar-refractivity contribution is 6.32. The highest BCUT2D eigenvalue weighted by Crippen LogP contribution is 2.36. The van der Waals surface area contributed by atoms with Crippen molar-refractivity contribution in [2.24, 2.45) is 0 Å². The predicted octanol–water partition coefficient (Wildman–Crippen LogP) is 5.31. The van der Waals surface area contributed by atoms with Gasteiger partial charge in [0.25, 0.3) is 0 Å². The van der Waals surface area contributed by atoms with E-state index in [1.165, 1.54) is 4.90 Å². The quantitative estimate of drug-likeness (QED) is 0.465. The van der Waals surface area contributed by atoms with E-state index in [1.807, 2.05) is 6.08 Å². The predicted molar refractivity (Wildman–Crippen MR) is 123 cm³/mol. The fourth-order valence-electron chi connectivity index (χ4n) is 3.45. The highest BCUT2D eigenvalue weighted by Gasteiger charge is 2.33. The van der Waals surface area contributed by atoms with Crippen molar-refractivity contribution in [3.05, 3.63) is 63.7 Å². The molecule has 0 saturated heterocycles. The second-order valence-corrected chi connectivity index (χ2v) is 8.39. The summed E-state index contributed by atoms with van der Waals surface area (Å²) in [4.78, 5) is 18.5. The summed E-state index contributed by atoms with van der Waals surface area (Å²) in [5.74, 6) is 0.535. The lowest BCUT2D eigenvalue weighted by Crippen LogP contribution is -2.38. The van der Waals surface area contributed by atoms with E-state index in [4.69, 9.17) is 32.7 Å². The first-order valence-electron chi connectivity index (χ1n) is 10.4. The maximum atomic E-state index is 12.9. The summed E-state index contributed by atoms with van der Waals surface area (Å²) in [5, 5.41) is 19.1. The fraction of sp³-hybridized carbons (Fsp3) is 0.273. The van der Waals surface area contributed by atoms with Crippen molar-refractivity contribution in [3.8, 4) is 11.5 Å². The molecular formula is C22H18Cl2F3N5O3. The number of nitrogens with zero attached hydrogens (tertiary/aromatic N) is 4. The molecule has 0 bridgehead atoms. The van der Waals surface area contributed by atoms with Crippen LogP contribution in [-0.4, -0.2) is 50.9 Å². The molecule has 13 heteroatoms. The Hall–Kier alpha value is -3.15. The van der Waals surface area contributed by atoms with Crippen molar-refractivity contribution in [1.82, 2.24) is 20.1 Å². The molecule has 35 heavy (non-hydrogen) atoms. The highest BCUT2D eigenvalue weighted by atomic mass is 35.5. The van der Waals surface area contributed by atoms with E-state index in [1.54, 1.807) is 12.3 Å². The zero-order valence-corrected chi connectivity index (χ0v) is 19.5. The first kappa shape index (κ1) is 25.0. The molecule has 4 rings (SSSR count). The summed E-state index contributed by atoms with van der Waals surface area (Å²) in [5.41, 5.74) is 1.12. The summed E-state index contributed by atoms with van der Waals surface area (Å²) in [7, 11) is 0. The van der Waals surface area contributed by atoms with E-state index in [0.717, 1.165) is 23.8 Å². The number of urea groups is 1. The van der Waals surface area contributed by atoms with Crippen LogP contribution in [0.5, 0.6) is 0 Å². The molecule has 1 aliphatic rings. The molecule has 0 fully saturated rings. The summed E-state index contributed by atoms with van der Waals surface area (Å²) < 4.78 is 44.0. The lowest BCUT2D eigenvalue weighted by atomic mass is 10.0. The molecule has 1 aliphatic heterocycles. The minimum atomic E-state index is -4.57. The number of nitrogens with one attached hydrogen (secondary N) is 1. The number of carbonyl (C=O) groups excluding carboxylic acids is 1. The van der Waals surface area contributed by atoms with Gasteiger partial charge in [-0.15, -0.1) is 10.2 Å². The molecule has 0 unspecified atom stereocenters. The number of hydrogen-bond acceptors (Lipinski definition) is 6. The minimum Gasteiger partial charge on any atom is -0.421 e. The molecule has 184 valence electrons. The molecule has 3 heterocycles. The van der Waals surface area contributed by atoms with E-state index in [-0.39, 0.29) is 31.2 Å². The number of hydrogen-bond donors (Lipinski definition) is 2. The maximum Gasteiger partial charge on any atom is 0.417 e. The van der Waals surface area contributed by atoms with Gasteiger partial charge in [0, 0.05) is 31.4 Å². The number of halogens is 5. The van der Waals surface area contributed by atoms with Crippen LogP contribution in [0.4, 0.5) is 23.7 Å². The number of amides is 2. The van der Waals surface area contributed by atoms with Gasteiger partial charge in [-0.25, -0.2) is 4.79 Å². The normalized spacial score (nSPS) is 14.1. The van der Waals surface area contributed by atoms with Gasteiger partial charge in [-0.1, -0.05) is 29.3 Å². The first-order valence-corrected chi connectivity index (χ1v) is 11.1. The third kappa shape index (κ3) is 5.75. The number of rotatable bonds is 5. The topological polar surface area (TPSA) is 104 Å². The Morgan fingerprint density at radius 3 is 2.63 bits per heavy atom. The van der Waals surface area contributed by atoms with Crippen LogP contribution in [0.3, 0.4) is 0 Å². The SMILES string of the molecule is O=C(Nc1ccc(C(F)(F)F)c(Cl)c1)N1CC=C(c2ncc(-c3nnc(CCO)o3)cc2Cl)CC1. The summed E-state index contributed by atoms with van der Waals surface area (Å²) >= 11 is 12.1.